The summed E-state index contributed by atoms with van der Waals surface area (Å²) in [5.41, 5.74) is 0. The van der Waals surface area contributed by atoms with Crippen molar-refractivity contribution in [2.24, 2.45) is 5.92 Å². The number of nitrogens with one attached hydrogen (secondary N) is 1. The number of ether oxygens (including phenoxy) is 1. The van der Waals surface area contributed by atoms with Crippen molar-refractivity contribution in [3.8, 4) is 5.75 Å². The first-order valence-electron chi connectivity index (χ1n) is 8.54. The smallest absolute Gasteiger partial charge is 0.243 e. The maximum absolute atomic E-state index is 12.8. The van der Waals surface area contributed by atoms with Crippen LogP contribution in [0.3, 0.4) is 0 Å². The van der Waals surface area contributed by atoms with Gasteiger partial charge in [0, 0.05) is 19.1 Å². The summed E-state index contributed by atoms with van der Waals surface area (Å²) in [5.74, 6) is 0.387. The number of rotatable bonds is 6. The molecular formula is C17H24N2O4S. The molecule has 7 heteroatoms. The summed E-state index contributed by atoms with van der Waals surface area (Å²) in [6.07, 6.45) is 3.52. The van der Waals surface area contributed by atoms with Crippen molar-refractivity contribution in [3.63, 3.8) is 0 Å². The van der Waals surface area contributed by atoms with E-state index < -0.39 is 10.0 Å². The Morgan fingerprint density at radius 2 is 1.96 bits per heavy atom. The van der Waals surface area contributed by atoms with Crippen LogP contribution in [0.15, 0.2) is 29.2 Å². The fraction of sp³-hybridized carbons (Fsp3) is 0.588. The summed E-state index contributed by atoms with van der Waals surface area (Å²) in [7, 11) is -3.58. The lowest BCUT2D eigenvalue weighted by atomic mass is 9.99. The van der Waals surface area contributed by atoms with Crippen LogP contribution in [0.2, 0.25) is 0 Å². The summed E-state index contributed by atoms with van der Waals surface area (Å²) >= 11 is 0. The second kappa shape index (κ2) is 7.11. The van der Waals surface area contributed by atoms with Gasteiger partial charge in [0.2, 0.25) is 15.9 Å². The van der Waals surface area contributed by atoms with Gasteiger partial charge in [0.1, 0.15) is 5.75 Å². The molecule has 1 aromatic rings. The number of piperidine rings is 1. The number of nitrogens with zero attached hydrogens (tertiary/aromatic N) is 1. The van der Waals surface area contributed by atoms with E-state index in [1.165, 1.54) is 4.31 Å². The van der Waals surface area contributed by atoms with Gasteiger partial charge in [0.05, 0.1) is 17.4 Å². The lowest BCUT2D eigenvalue weighted by Gasteiger charge is -2.31. The van der Waals surface area contributed by atoms with Gasteiger partial charge in [-0.1, -0.05) is 0 Å². The second-order valence-corrected chi connectivity index (χ2v) is 8.33. The maximum atomic E-state index is 12.8. The van der Waals surface area contributed by atoms with Crippen LogP contribution in [0.1, 0.15) is 32.6 Å². The first-order chi connectivity index (χ1) is 11.5. The number of amides is 1. The van der Waals surface area contributed by atoms with Gasteiger partial charge in [-0.15, -0.1) is 0 Å². The monoisotopic (exact) mass is 352 g/mol. The molecule has 132 valence electrons. The fourth-order valence-electron chi connectivity index (χ4n) is 2.95. The van der Waals surface area contributed by atoms with Crippen LogP contribution in [0.25, 0.3) is 0 Å². The van der Waals surface area contributed by atoms with E-state index in [0.717, 1.165) is 19.3 Å². The zero-order valence-electron chi connectivity index (χ0n) is 13.9. The van der Waals surface area contributed by atoms with Gasteiger partial charge >= 0.3 is 0 Å². The van der Waals surface area contributed by atoms with Crippen molar-refractivity contribution in [3.05, 3.63) is 24.3 Å². The highest BCUT2D eigenvalue weighted by atomic mass is 32.2. The molecule has 2 fully saturated rings. The van der Waals surface area contributed by atoms with E-state index in [1.807, 2.05) is 6.92 Å². The van der Waals surface area contributed by atoms with E-state index in [1.54, 1.807) is 24.3 Å². The van der Waals surface area contributed by atoms with Gasteiger partial charge in [-0.3, -0.25) is 4.79 Å². The van der Waals surface area contributed by atoms with Gasteiger partial charge in [-0.2, -0.15) is 4.31 Å². The van der Waals surface area contributed by atoms with Crippen LogP contribution in [-0.2, 0) is 14.8 Å². The molecule has 24 heavy (non-hydrogen) atoms. The third-order valence-electron chi connectivity index (χ3n) is 4.45. The van der Waals surface area contributed by atoms with Gasteiger partial charge < -0.3 is 10.1 Å². The van der Waals surface area contributed by atoms with Gasteiger partial charge in [0.15, 0.2) is 0 Å². The van der Waals surface area contributed by atoms with Gasteiger partial charge in [-0.05, 0) is 56.9 Å². The van der Waals surface area contributed by atoms with E-state index in [0.29, 0.717) is 31.4 Å². The van der Waals surface area contributed by atoms with E-state index in [9.17, 15) is 13.2 Å². The number of benzene rings is 1. The molecular weight excluding hydrogens is 328 g/mol. The second-order valence-electron chi connectivity index (χ2n) is 6.39. The Hall–Kier alpha value is -1.60. The molecule has 1 aromatic carbocycles. The predicted molar refractivity (Wildman–Crippen MR) is 90.3 cm³/mol. The molecule has 1 saturated carbocycles. The molecule has 1 saturated heterocycles. The molecule has 0 spiro atoms. The molecule has 1 amide bonds. The minimum absolute atomic E-state index is 0.0101. The van der Waals surface area contributed by atoms with Crippen molar-refractivity contribution in [2.45, 2.75) is 43.5 Å². The van der Waals surface area contributed by atoms with Crippen LogP contribution in [0.4, 0.5) is 0 Å². The van der Waals surface area contributed by atoms with Crippen molar-refractivity contribution >= 4 is 15.9 Å². The molecule has 1 aliphatic carbocycles. The maximum Gasteiger partial charge on any atom is 0.243 e. The molecule has 1 atom stereocenters. The standard InChI is InChI=1S/C17H24N2O4S/c1-2-23-15-7-9-16(10-8-15)24(21,22)19-11-3-4-13(12-19)17(20)18-14-5-6-14/h7-10,13-14H,2-6,11-12H2,1H3,(H,18,20)/t13-/m1/s1. The first-order valence-corrected chi connectivity index (χ1v) is 9.98. The quantitative estimate of drug-likeness (QED) is 0.846. The summed E-state index contributed by atoms with van der Waals surface area (Å²) in [6, 6.07) is 6.76. The third kappa shape index (κ3) is 3.89. The van der Waals surface area contributed by atoms with E-state index in [2.05, 4.69) is 5.32 Å². The van der Waals surface area contributed by atoms with Gasteiger partial charge in [0.25, 0.3) is 0 Å². The average Bonchev–Trinajstić information content (AvgIpc) is 3.40. The van der Waals surface area contributed by atoms with Crippen molar-refractivity contribution in [1.82, 2.24) is 9.62 Å². The highest BCUT2D eigenvalue weighted by molar-refractivity contribution is 7.89. The molecule has 1 N–H and O–H groups in total. The van der Waals surface area contributed by atoms with Crippen molar-refractivity contribution < 1.29 is 17.9 Å². The van der Waals surface area contributed by atoms with Gasteiger partial charge in [-0.25, -0.2) is 8.42 Å². The molecule has 2 aliphatic rings. The fourth-order valence-corrected chi connectivity index (χ4v) is 4.47. The summed E-state index contributed by atoms with van der Waals surface area (Å²) in [4.78, 5) is 12.5. The van der Waals surface area contributed by atoms with Crippen LogP contribution in [-0.4, -0.2) is 44.4 Å². The molecule has 1 heterocycles. The number of hydrogen-bond donors (Lipinski definition) is 1. The lowest BCUT2D eigenvalue weighted by Crippen LogP contribution is -2.45. The Labute approximate surface area is 143 Å². The SMILES string of the molecule is CCOc1ccc(S(=O)(=O)N2CCC[C@@H](C(=O)NC3CC3)C2)cc1. The Bertz CT molecular complexity index is 683. The van der Waals surface area contributed by atoms with Crippen LogP contribution in [0, 0.1) is 5.92 Å². The van der Waals surface area contributed by atoms with Crippen molar-refractivity contribution in [2.75, 3.05) is 19.7 Å². The highest BCUT2D eigenvalue weighted by Crippen LogP contribution is 2.26. The van der Waals surface area contributed by atoms with Crippen LogP contribution < -0.4 is 10.1 Å². The zero-order valence-corrected chi connectivity index (χ0v) is 14.7. The predicted octanol–water partition coefficient (Wildman–Crippen LogP) is 1.76. The molecule has 0 aromatic heterocycles. The summed E-state index contributed by atoms with van der Waals surface area (Å²) in [6.45, 7) is 3.14. The topological polar surface area (TPSA) is 75.7 Å². The molecule has 0 bridgehead atoms. The zero-order chi connectivity index (χ0) is 17.2. The number of carbonyl (C=O) groups excluding carboxylic acids is 1. The summed E-state index contributed by atoms with van der Waals surface area (Å²) in [5, 5.41) is 2.98. The lowest BCUT2D eigenvalue weighted by molar-refractivity contribution is -0.126. The number of sulfonamides is 1. The average molecular weight is 352 g/mol. The largest absolute Gasteiger partial charge is 0.494 e. The Balaban J connectivity index is 1.69. The van der Waals surface area contributed by atoms with Crippen LogP contribution >= 0.6 is 0 Å². The minimum Gasteiger partial charge on any atom is -0.494 e. The minimum atomic E-state index is -3.58. The third-order valence-corrected chi connectivity index (χ3v) is 6.33. The van der Waals surface area contributed by atoms with E-state index in [-0.39, 0.29) is 23.3 Å². The van der Waals surface area contributed by atoms with Crippen molar-refractivity contribution in [1.29, 1.82) is 0 Å². The number of hydrogen-bond acceptors (Lipinski definition) is 4. The van der Waals surface area contributed by atoms with E-state index >= 15 is 0 Å². The molecule has 3 rings (SSSR count). The molecule has 0 unspecified atom stereocenters. The highest BCUT2D eigenvalue weighted by Gasteiger charge is 2.35. The van der Waals surface area contributed by atoms with E-state index in [4.69, 9.17) is 4.74 Å². The summed E-state index contributed by atoms with van der Waals surface area (Å²) < 4.78 is 32.4. The normalized spacial score (nSPS) is 22.1. The molecule has 6 nitrogen and oxygen atoms in total. The molecule has 1 aliphatic heterocycles. The Morgan fingerprint density at radius 3 is 2.58 bits per heavy atom. The Morgan fingerprint density at radius 1 is 1.25 bits per heavy atom. The van der Waals surface area contributed by atoms with Crippen LogP contribution in [0.5, 0.6) is 5.75 Å². The number of carbonyl (C=O) groups is 1. The first kappa shape index (κ1) is 17.2. The Kier molecular flexibility index (Phi) is 5.10. The molecule has 0 radical (unpaired) electrons.